The molecule has 0 radical (unpaired) electrons. The summed E-state index contributed by atoms with van der Waals surface area (Å²) in [6.07, 6.45) is -14.3. The van der Waals surface area contributed by atoms with Crippen molar-refractivity contribution in [3.63, 3.8) is 0 Å². The van der Waals surface area contributed by atoms with Gasteiger partial charge in [-0.05, 0) is 49.2 Å². The number of carbonyl (C=O) groups excluding carboxylic acids is 1. The smallest absolute Gasteiger partial charge is 0.449 e. The monoisotopic (exact) mass is 533 g/mol. The number of carboxylic acid groups (broad SMARTS) is 1. The van der Waals surface area contributed by atoms with Crippen LogP contribution in [0.5, 0.6) is 0 Å². The number of aliphatic carboxylic acids is 1. The highest BCUT2D eigenvalue weighted by atomic mass is 19.4. The van der Waals surface area contributed by atoms with E-state index in [4.69, 9.17) is 0 Å². The first-order valence-electron chi connectivity index (χ1n) is 10.8. The number of benzene rings is 2. The van der Waals surface area contributed by atoms with Crippen LogP contribution in [-0.2, 0) is 23.7 Å². The van der Waals surface area contributed by atoms with Crippen molar-refractivity contribution in [2.45, 2.75) is 50.4 Å². The molecule has 0 aliphatic heterocycles. The van der Waals surface area contributed by atoms with Crippen molar-refractivity contribution in [1.29, 1.82) is 0 Å². The van der Waals surface area contributed by atoms with Crippen molar-refractivity contribution >= 4 is 5.97 Å². The third-order valence-electron chi connectivity index (χ3n) is 5.46. The number of aromatic nitrogens is 2. The zero-order chi connectivity index (χ0) is 27.5. The van der Waals surface area contributed by atoms with E-state index >= 15 is 0 Å². The largest absolute Gasteiger partial charge is 0.550 e. The number of rotatable bonds is 9. The predicted octanol–water partition coefficient (Wildman–Crippen LogP) is 4.04. The summed E-state index contributed by atoms with van der Waals surface area (Å²) in [7, 11) is 0. The first kappa shape index (κ1) is 28.1. The van der Waals surface area contributed by atoms with E-state index in [2.05, 4.69) is 4.98 Å². The summed E-state index contributed by atoms with van der Waals surface area (Å²) in [5, 5.41) is 30.4. The lowest BCUT2D eigenvalue weighted by Gasteiger charge is -2.19. The predicted molar refractivity (Wildman–Crippen MR) is 114 cm³/mol. The molecule has 200 valence electrons. The summed E-state index contributed by atoms with van der Waals surface area (Å²) in [5.41, 5.74) is -1.53. The van der Waals surface area contributed by atoms with Crippen LogP contribution in [0.4, 0.5) is 30.7 Å². The Bertz CT molecular complexity index is 1220. The maximum atomic E-state index is 14.0. The molecule has 2 atom stereocenters. The van der Waals surface area contributed by atoms with E-state index in [1.165, 1.54) is 12.1 Å². The van der Waals surface area contributed by atoms with Gasteiger partial charge in [0, 0.05) is 30.1 Å². The Balaban J connectivity index is 2.10. The van der Waals surface area contributed by atoms with Gasteiger partial charge in [-0.2, -0.15) is 26.3 Å². The first-order valence-corrected chi connectivity index (χ1v) is 10.8. The van der Waals surface area contributed by atoms with Gasteiger partial charge in [0.15, 0.2) is 0 Å². The van der Waals surface area contributed by atoms with Crippen LogP contribution in [0.3, 0.4) is 0 Å². The molecule has 0 aliphatic carbocycles. The van der Waals surface area contributed by atoms with Crippen molar-refractivity contribution in [2.24, 2.45) is 0 Å². The molecule has 13 heteroatoms. The number of aliphatic hydroxyl groups is 2. The summed E-state index contributed by atoms with van der Waals surface area (Å²) in [5.74, 6) is -3.67. The highest BCUT2D eigenvalue weighted by molar-refractivity contribution is 5.79. The maximum Gasteiger partial charge on any atom is 0.449 e. The van der Waals surface area contributed by atoms with Crippen LogP contribution < -0.4 is 5.11 Å². The summed E-state index contributed by atoms with van der Waals surface area (Å²) in [6.45, 7) is -0.543. The van der Waals surface area contributed by atoms with Crippen molar-refractivity contribution in [3.8, 4) is 22.5 Å². The lowest BCUT2D eigenvalue weighted by atomic mass is 10.0. The first-order chi connectivity index (χ1) is 17.2. The number of halogens is 7. The third kappa shape index (κ3) is 7.07. The van der Waals surface area contributed by atoms with Crippen molar-refractivity contribution in [2.75, 3.05) is 0 Å². The standard InChI is InChI=1S/C24H21F7N2O4/c25-16-7-3-13(4-8-16)20-21(14-1-5-15(6-2-14)23(26,27)28)33(22(32-20)24(29,30)31)10-9-17(34)11-18(35)12-19(36)37/h1-8,17-18,34-35H,9-12H2,(H,36,37)/p-1/t17-,18-/m1/s1. The minimum Gasteiger partial charge on any atom is -0.550 e. The molecule has 2 N–H and O–H groups in total. The van der Waals surface area contributed by atoms with Gasteiger partial charge in [0.05, 0.1) is 29.2 Å². The maximum absolute atomic E-state index is 14.0. The molecule has 1 heterocycles. The molecule has 6 nitrogen and oxygen atoms in total. The summed E-state index contributed by atoms with van der Waals surface area (Å²) >= 11 is 0. The molecular weight excluding hydrogens is 513 g/mol. The molecule has 37 heavy (non-hydrogen) atoms. The molecule has 0 spiro atoms. The average Bonchev–Trinajstić information content (AvgIpc) is 3.17. The van der Waals surface area contributed by atoms with Crippen LogP contribution in [0, 0.1) is 5.82 Å². The van der Waals surface area contributed by atoms with Gasteiger partial charge in [0.2, 0.25) is 5.82 Å². The molecule has 0 saturated heterocycles. The normalized spacial score (nSPS) is 14.0. The Morgan fingerprint density at radius 1 is 0.892 bits per heavy atom. The molecule has 0 unspecified atom stereocenters. The van der Waals surface area contributed by atoms with Gasteiger partial charge in [-0.15, -0.1) is 0 Å². The minimum atomic E-state index is -5.02. The van der Waals surface area contributed by atoms with E-state index in [0.29, 0.717) is 16.7 Å². The van der Waals surface area contributed by atoms with E-state index in [0.717, 1.165) is 24.3 Å². The molecule has 3 rings (SSSR count). The number of carboxylic acids is 1. The van der Waals surface area contributed by atoms with E-state index in [1.54, 1.807) is 0 Å². The number of nitrogens with zero attached hydrogens (tertiary/aromatic N) is 2. The van der Waals surface area contributed by atoms with Gasteiger partial charge in [0.1, 0.15) is 5.82 Å². The number of alkyl halides is 6. The number of carbonyl (C=O) groups is 1. The van der Waals surface area contributed by atoms with Crippen molar-refractivity contribution < 1.29 is 50.8 Å². The molecule has 3 aromatic rings. The van der Waals surface area contributed by atoms with Gasteiger partial charge >= 0.3 is 12.4 Å². The van der Waals surface area contributed by atoms with Gasteiger partial charge in [-0.25, -0.2) is 9.37 Å². The summed E-state index contributed by atoms with van der Waals surface area (Å²) in [6, 6.07) is 7.65. The molecule has 1 aromatic heterocycles. The quantitative estimate of drug-likeness (QED) is 0.405. The Morgan fingerprint density at radius 2 is 1.46 bits per heavy atom. The molecule has 0 amide bonds. The number of hydrogen-bond acceptors (Lipinski definition) is 5. The van der Waals surface area contributed by atoms with Crippen LogP contribution in [0.25, 0.3) is 22.5 Å². The van der Waals surface area contributed by atoms with Crippen LogP contribution in [-0.4, -0.2) is 37.9 Å². The molecule has 0 aliphatic rings. The fourth-order valence-electron chi connectivity index (χ4n) is 3.79. The summed E-state index contributed by atoms with van der Waals surface area (Å²) in [4.78, 5) is 14.3. The second kappa shape index (κ2) is 10.9. The highest BCUT2D eigenvalue weighted by Crippen LogP contribution is 2.40. The van der Waals surface area contributed by atoms with E-state index in [9.17, 15) is 50.8 Å². The van der Waals surface area contributed by atoms with Crippen molar-refractivity contribution in [3.05, 3.63) is 65.7 Å². The number of hydrogen-bond donors (Lipinski definition) is 2. The van der Waals surface area contributed by atoms with Gasteiger partial charge in [0.25, 0.3) is 0 Å². The lowest BCUT2D eigenvalue weighted by Crippen LogP contribution is -2.30. The zero-order valence-electron chi connectivity index (χ0n) is 18.9. The van der Waals surface area contributed by atoms with E-state index in [-0.39, 0.29) is 28.9 Å². The van der Waals surface area contributed by atoms with Crippen LogP contribution >= 0.6 is 0 Å². The average molecular weight is 533 g/mol. The lowest BCUT2D eigenvalue weighted by molar-refractivity contribution is -0.307. The summed E-state index contributed by atoms with van der Waals surface area (Å²) < 4.78 is 95.2. The number of imidazole rings is 1. The number of aliphatic hydroxyl groups excluding tert-OH is 2. The Hall–Kier alpha value is -3.45. The molecule has 0 fully saturated rings. The molecule has 0 bridgehead atoms. The van der Waals surface area contributed by atoms with Crippen LogP contribution in [0.15, 0.2) is 48.5 Å². The topological polar surface area (TPSA) is 98.4 Å². The van der Waals surface area contributed by atoms with E-state index in [1.807, 2.05) is 0 Å². The molecular formula is C24H20F7N2O4-. The Kier molecular flexibility index (Phi) is 8.28. The second-order valence-electron chi connectivity index (χ2n) is 8.27. The van der Waals surface area contributed by atoms with Gasteiger partial charge in [-0.1, -0.05) is 12.1 Å². The Morgan fingerprint density at radius 3 is 1.97 bits per heavy atom. The SMILES string of the molecule is O=C([O-])C[C@H](O)C[C@H](O)CCn1c(C(F)(F)F)nc(-c2ccc(F)cc2)c1-c1ccc(C(F)(F)F)cc1. The fourth-order valence-corrected chi connectivity index (χ4v) is 3.79. The second-order valence-corrected chi connectivity index (χ2v) is 8.27. The fraction of sp³-hybridized carbons (Fsp3) is 0.333. The van der Waals surface area contributed by atoms with E-state index < -0.39 is 67.1 Å². The molecule has 0 saturated carbocycles. The minimum absolute atomic E-state index is 0.0539. The van der Waals surface area contributed by atoms with Gasteiger partial charge < -0.3 is 24.7 Å². The highest BCUT2D eigenvalue weighted by Gasteiger charge is 2.39. The third-order valence-corrected chi connectivity index (χ3v) is 5.46. The van der Waals surface area contributed by atoms with Gasteiger partial charge in [-0.3, -0.25) is 0 Å². The Labute approximate surface area is 205 Å². The van der Waals surface area contributed by atoms with Crippen molar-refractivity contribution in [1.82, 2.24) is 9.55 Å². The van der Waals surface area contributed by atoms with Crippen LogP contribution in [0.2, 0.25) is 0 Å². The zero-order valence-corrected chi connectivity index (χ0v) is 18.9. The van der Waals surface area contributed by atoms with Crippen LogP contribution in [0.1, 0.15) is 30.7 Å². The molecule has 2 aromatic carbocycles.